The van der Waals surface area contributed by atoms with Crippen LogP contribution in [0.2, 0.25) is 0 Å². The van der Waals surface area contributed by atoms with Gasteiger partial charge >= 0.3 is 5.97 Å². The molecule has 2 rings (SSSR count). The number of ether oxygens (including phenoxy) is 1. The molecule has 1 N–H and O–H groups in total. The highest BCUT2D eigenvalue weighted by molar-refractivity contribution is 5.86. The standard InChI is InChI=1S/C10H13N5O4/c1-3-7-11-8(19-13-7)4-15-6(5-18-2)9(10(16)17)12-14-15/h3-5H2,1-2H3,(H,16,17). The van der Waals surface area contributed by atoms with Gasteiger partial charge in [-0.25, -0.2) is 9.48 Å². The Morgan fingerprint density at radius 2 is 2.32 bits per heavy atom. The predicted octanol–water partition coefficient (Wildman–Crippen LogP) is 0.116. The fraction of sp³-hybridized carbons (Fsp3) is 0.500. The van der Waals surface area contributed by atoms with E-state index < -0.39 is 5.97 Å². The lowest BCUT2D eigenvalue weighted by Crippen LogP contribution is -2.10. The van der Waals surface area contributed by atoms with Gasteiger partial charge in [0.15, 0.2) is 11.5 Å². The highest BCUT2D eigenvalue weighted by atomic mass is 16.5. The third-order valence-electron chi connectivity index (χ3n) is 2.43. The van der Waals surface area contributed by atoms with Crippen molar-refractivity contribution in [1.29, 1.82) is 0 Å². The van der Waals surface area contributed by atoms with Crippen LogP contribution >= 0.6 is 0 Å². The van der Waals surface area contributed by atoms with Crippen LogP contribution in [-0.2, 0) is 24.3 Å². The molecule has 0 atom stereocenters. The zero-order chi connectivity index (χ0) is 13.8. The largest absolute Gasteiger partial charge is 0.476 e. The summed E-state index contributed by atoms with van der Waals surface area (Å²) in [5.41, 5.74) is 0.211. The maximum absolute atomic E-state index is 11.0. The molecule has 0 aromatic carbocycles. The van der Waals surface area contributed by atoms with Crippen LogP contribution in [0.4, 0.5) is 0 Å². The number of aryl methyl sites for hydroxylation is 1. The molecule has 2 heterocycles. The molecule has 0 spiro atoms. The molecule has 0 aliphatic heterocycles. The highest BCUT2D eigenvalue weighted by Crippen LogP contribution is 2.09. The molecule has 0 amide bonds. The van der Waals surface area contributed by atoms with Crippen molar-refractivity contribution in [3.8, 4) is 0 Å². The fourth-order valence-corrected chi connectivity index (χ4v) is 1.53. The van der Waals surface area contributed by atoms with Crippen molar-refractivity contribution in [1.82, 2.24) is 25.1 Å². The summed E-state index contributed by atoms with van der Waals surface area (Å²) < 4.78 is 11.4. The van der Waals surface area contributed by atoms with E-state index in [2.05, 4.69) is 20.5 Å². The Hall–Kier alpha value is -2.29. The number of hydrogen-bond donors (Lipinski definition) is 1. The molecule has 2 aromatic rings. The minimum Gasteiger partial charge on any atom is -0.476 e. The van der Waals surface area contributed by atoms with E-state index in [4.69, 9.17) is 14.4 Å². The van der Waals surface area contributed by atoms with Gasteiger partial charge in [-0.2, -0.15) is 4.98 Å². The first-order chi connectivity index (χ1) is 9.15. The number of carboxylic acids is 1. The summed E-state index contributed by atoms with van der Waals surface area (Å²) in [6, 6.07) is 0. The number of nitrogens with zero attached hydrogens (tertiary/aromatic N) is 5. The summed E-state index contributed by atoms with van der Waals surface area (Å²) in [5.74, 6) is -0.226. The van der Waals surface area contributed by atoms with Crippen LogP contribution in [0.25, 0.3) is 0 Å². The molecule has 0 unspecified atom stereocenters. The van der Waals surface area contributed by atoms with E-state index in [1.54, 1.807) is 0 Å². The third-order valence-corrected chi connectivity index (χ3v) is 2.43. The normalized spacial score (nSPS) is 10.8. The lowest BCUT2D eigenvalue weighted by molar-refractivity contribution is 0.0684. The van der Waals surface area contributed by atoms with Crippen molar-refractivity contribution < 1.29 is 19.2 Å². The minimum absolute atomic E-state index is 0.0867. The number of rotatable bonds is 6. The van der Waals surface area contributed by atoms with E-state index >= 15 is 0 Å². The quantitative estimate of drug-likeness (QED) is 0.784. The zero-order valence-electron chi connectivity index (χ0n) is 10.5. The van der Waals surface area contributed by atoms with Crippen molar-refractivity contribution in [3.05, 3.63) is 23.1 Å². The van der Waals surface area contributed by atoms with Crippen LogP contribution < -0.4 is 0 Å². The van der Waals surface area contributed by atoms with E-state index in [0.717, 1.165) is 0 Å². The third kappa shape index (κ3) is 2.76. The number of methoxy groups -OCH3 is 1. The number of aromatic nitrogens is 5. The topological polar surface area (TPSA) is 116 Å². The first kappa shape index (κ1) is 13.1. The average Bonchev–Trinajstić information content (AvgIpc) is 2.98. The first-order valence-corrected chi connectivity index (χ1v) is 5.61. The molecule has 0 aliphatic rings. The molecule has 0 fully saturated rings. The Kier molecular flexibility index (Phi) is 3.85. The van der Waals surface area contributed by atoms with Crippen molar-refractivity contribution in [3.63, 3.8) is 0 Å². The molecule has 0 saturated heterocycles. The van der Waals surface area contributed by atoms with Gasteiger partial charge in [-0.15, -0.1) is 5.10 Å². The molecule has 9 heteroatoms. The molecule has 2 aromatic heterocycles. The molecule has 19 heavy (non-hydrogen) atoms. The van der Waals surface area contributed by atoms with Gasteiger partial charge in [0, 0.05) is 13.5 Å². The van der Waals surface area contributed by atoms with Crippen LogP contribution in [0.15, 0.2) is 4.52 Å². The molecule has 9 nitrogen and oxygen atoms in total. The minimum atomic E-state index is -1.15. The Morgan fingerprint density at radius 3 is 2.89 bits per heavy atom. The van der Waals surface area contributed by atoms with Crippen molar-refractivity contribution in [2.75, 3.05) is 7.11 Å². The second-order valence-electron chi connectivity index (χ2n) is 3.74. The molecule has 0 aliphatic carbocycles. The molecule has 0 bridgehead atoms. The van der Waals surface area contributed by atoms with Crippen LogP contribution in [0.5, 0.6) is 0 Å². The van der Waals surface area contributed by atoms with E-state index in [0.29, 0.717) is 23.8 Å². The molecule has 0 saturated carbocycles. The summed E-state index contributed by atoms with van der Waals surface area (Å²) >= 11 is 0. The van der Waals surface area contributed by atoms with Crippen molar-refractivity contribution in [2.45, 2.75) is 26.5 Å². The average molecular weight is 267 g/mol. The summed E-state index contributed by atoms with van der Waals surface area (Å²) in [6.45, 7) is 2.15. The van der Waals surface area contributed by atoms with E-state index in [-0.39, 0.29) is 18.8 Å². The highest BCUT2D eigenvalue weighted by Gasteiger charge is 2.20. The number of carboxylic acid groups (broad SMARTS) is 1. The summed E-state index contributed by atoms with van der Waals surface area (Å²) in [7, 11) is 1.46. The summed E-state index contributed by atoms with van der Waals surface area (Å²) in [4.78, 5) is 15.1. The van der Waals surface area contributed by atoms with Gasteiger partial charge in [-0.05, 0) is 0 Å². The zero-order valence-corrected chi connectivity index (χ0v) is 10.5. The first-order valence-electron chi connectivity index (χ1n) is 5.61. The monoisotopic (exact) mass is 267 g/mol. The second-order valence-corrected chi connectivity index (χ2v) is 3.74. The SMILES string of the molecule is CCc1noc(Cn2nnc(C(=O)O)c2COC)n1. The van der Waals surface area contributed by atoms with Gasteiger partial charge in [0.2, 0.25) is 5.89 Å². The Labute approximate surface area is 108 Å². The van der Waals surface area contributed by atoms with Gasteiger partial charge < -0.3 is 14.4 Å². The lowest BCUT2D eigenvalue weighted by Gasteiger charge is -2.02. The van der Waals surface area contributed by atoms with Gasteiger partial charge in [0.05, 0.1) is 12.3 Å². The van der Waals surface area contributed by atoms with Crippen LogP contribution in [0.3, 0.4) is 0 Å². The Bertz CT molecular complexity index is 576. The van der Waals surface area contributed by atoms with Gasteiger partial charge in [-0.3, -0.25) is 0 Å². The summed E-state index contributed by atoms with van der Waals surface area (Å²) in [6.07, 6.45) is 0.659. The number of aromatic carboxylic acids is 1. The lowest BCUT2D eigenvalue weighted by atomic mass is 10.3. The number of hydrogen-bond acceptors (Lipinski definition) is 7. The van der Waals surface area contributed by atoms with Crippen molar-refractivity contribution in [2.24, 2.45) is 0 Å². The predicted molar refractivity (Wildman–Crippen MR) is 60.5 cm³/mol. The van der Waals surface area contributed by atoms with E-state index in [1.807, 2.05) is 6.92 Å². The van der Waals surface area contributed by atoms with Crippen molar-refractivity contribution >= 4 is 5.97 Å². The van der Waals surface area contributed by atoms with Crippen LogP contribution in [0, 0.1) is 0 Å². The maximum atomic E-state index is 11.0. The second kappa shape index (κ2) is 5.57. The fourth-order valence-electron chi connectivity index (χ4n) is 1.53. The smallest absolute Gasteiger partial charge is 0.358 e. The molecule has 0 radical (unpaired) electrons. The number of carbonyl (C=O) groups is 1. The Morgan fingerprint density at radius 1 is 1.53 bits per heavy atom. The molecular weight excluding hydrogens is 254 g/mol. The van der Waals surface area contributed by atoms with Crippen LogP contribution in [0.1, 0.15) is 34.8 Å². The van der Waals surface area contributed by atoms with Gasteiger partial charge in [-0.1, -0.05) is 17.3 Å². The van der Waals surface area contributed by atoms with Gasteiger partial charge in [0.25, 0.3) is 0 Å². The molecular formula is C10H13N5O4. The maximum Gasteiger partial charge on any atom is 0.358 e. The van der Waals surface area contributed by atoms with Crippen LogP contribution in [-0.4, -0.2) is 43.3 Å². The van der Waals surface area contributed by atoms with E-state index in [9.17, 15) is 4.79 Å². The molecule has 102 valence electrons. The Balaban J connectivity index is 2.26. The van der Waals surface area contributed by atoms with E-state index in [1.165, 1.54) is 11.8 Å². The summed E-state index contributed by atoms with van der Waals surface area (Å²) in [5, 5.41) is 20.1. The van der Waals surface area contributed by atoms with Gasteiger partial charge in [0.1, 0.15) is 6.54 Å².